The summed E-state index contributed by atoms with van der Waals surface area (Å²) in [4.78, 5) is 40.0. The number of rotatable bonds is 12. The standard InChI is InChI=1S/C36H32BN3O24S/c37-21-14(22(42)28(48)29(49)27(21)47)5-6-15-23(43)25(45)20(26(46)24(15)44)32-40(13-3-1-2-11(8-13)30(38)50)31(51)18(65(32)62)10-19(41)39-34(54,55)33(52,53)12-4-7-16(63-35(56,57)58)17(9-12)64-36(59,60)61/h1-4,7-9,18,32,42-49,52-61H,10H2,(H2,38,50)(H,39,41)/t18-,32+,65-/m1/s1. The second-order valence-corrected chi connectivity index (χ2v) is 15.2. The van der Waals surface area contributed by atoms with Crippen molar-refractivity contribution in [3.05, 3.63) is 70.3 Å². The van der Waals surface area contributed by atoms with Gasteiger partial charge in [-0.25, -0.2) is 0 Å². The Morgan fingerprint density at radius 3 is 1.80 bits per heavy atom. The average Bonchev–Trinajstić information content (AvgIpc) is 3.43. The van der Waals surface area contributed by atoms with E-state index < -0.39 is 160 Å². The molecule has 3 atom stereocenters. The van der Waals surface area contributed by atoms with Gasteiger partial charge in [0.2, 0.25) is 29.2 Å². The van der Waals surface area contributed by atoms with Crippen LogP contribution in [0.2, 0.25) is 0 Å². The zero-order valence-electron chi connectivity index (χ0n) is 31.9. The Balaban J connectivity index is 1.55. The van der Waals surface area contributed by atoms with Crippen molar-refractivity contribution in [2.45, 2.75) is 41.1 Å². The van der Waals surface area contributed by atoms with Crippen LogP contribution >= 0.6 is 0 Å². The summed E-state index contributed by atoms with van der Waals surface area (Å²) >= 11 is 0. The van der Waals surface area contributed by atoms with Gasteiger partial charge in [-0.3, -0.25) is 23.5 Å². The number of phenols is 8. The molecule has 27 nitrogen and oxygen atoms in total. The van der Waals surface area contributed by atoms with E-state index in [9.17, 15) is 95.2 Å². The van der Waals surface area contributed by atoms with E-state index >= 15 is 0 Å². The van der Waals surface area contributed by atoms with Gasteiger partial charge in [0, 0.05) is 16.8 Å². The van der Waals surface area contributed by atoms with Crippen LogP contribution in [0, 0.1) is 11.8 Å². The number of nitrogens with one attached hydrogen (secondary N) is 1. The fourth-order valence-corrected chi connectivity index (χ4v) is 7.87. The first-order valence-electron chi connectivity index (χ1n) is 17.3. The van der Waals surface area contributed by atoms with Crippen LogP contribution in [-0.4, -0.2) is 145 Å². The van der Waals surface area contributed by atoms with Gasteiger partial charge in [0.05, 0.1) is 28.3 Å². The van der Waals surface area contributed by atoms with Crippen molar-refractivity contribution >= 4 is 47.5 Å². The molecule has 4 aromatic carbocycles. The zero-order valence-corrected chi connectivity index (χ0v) is 32.7. The molecule has 0 aliphatic carbocycles. The quantitative estimate of drug-likeness (QED) is 0.0207. The number of nitrogens with zero attached hydrogens (tertiary/aromatic N) is 1. The highest BCUT2D eigenvalue weighted by Crippen LogP contribution is 2.54. The SMILES string of the molecule is [B]c1c(O)c(O)c(O)c(O)c1C#Cc1c(O)c(O)c([C@H]2N(c3cccc(C(N)=O)c3)C(=O)[C@@H](CC(=O)NC(O)(O)C(O)(O)c3ccc(OC(O)(O)O)c(OC(O)(O)O)c3)[S@]2=O)c(O)c1O. The van der Waals surface area contributed by atoms with Gasteiger partial charge in [0.25, 0.3) is 5.79 Å². The van der Waals surface area contributed by atoms with E-state index in [0.717, 1.165) is 24.3 Å². The normalized spacial score (nSPS) is 16.7. The molecule has 3 amide bonds. The number of carbonyl (C=O) groups excluding carboxylic acids is 3. The molecule has 4 aromatic rings. The molecule has 5 rings (SSSR count). The van der Waals surface area contributed by atoms with E-state index in [1.54, 1.807) is 0 Å². The van der Waals surface area contributed by atoms with Crippen molar-refractivity contribution in [1.82, 2.24) is 5.32 Å². The number of carbonyl (C=O) groups is 3. The summed E-state index contributed by atoms with van der Waals surface area (Å²) in [6.07, 6.45) is -9.56. The average molecular weight is 934 g/mol. The Morgan fingerprint density at radius 2 is 1.25 bits per heavy atom. The summed E-state index contributed by atoms with van der Waals surface area (Å²) in [5, 5.41) is 179. The molecule has 0 spiro atoms. The molecule has 29 heteroatoms. The number of aliphatic hydroxyl groups is 10. The van der Waals surface area contributed by atoms with Crippen LogP contribution in [0.5, 0.6) is 57.5 Å². The Hall–Kier alpha value is -7.34. The van der Waals surface area contributed by atoms with Crippen LogP contribution in [0.4, 0.5) is 5.69 Å². The molecule has 0 unspecified atom stereocenters. The predicted octanol–water partition coefficient (Wildman–Crippen LogP) is -6.30. The van der Waals surface area contributed by atoms with Crippen LogP contribution in [0.3, 0.4) is 0 Å². The van der Waals surface area contributed by atoms with Crippen LogP contribution in [-0.2, 0) is 26.2 Å². The maximum absolute atomic E-state index is 14.3. The Morgan fingerprint density at radius 1 is 0.723 bits per heavy atom. The lowest BCUT2D eigenvalue weighted by Gasteiger charge is -2.35. The number of benzene rings is 4. The lowest BCUT2D eigenvalue weighted by atomic mass is 9.88. The second-order valence-electron chi connectivity index (χ2n) is 13.5. The third-order valence-corrected chi connectivity index (χ3v) is 10.9. The smallest absolute Gasteiger partial charge is 0.453 e. The lowest BCUT2D eigenvalue weighted by molar-refractivity contribution is -0.428. The molecule has 1 fully saturated rings. The monoisotopic (exact) mass is 933 g/mol. The van der Waals surface area contributed by atoms with Gasteiger partial charge in [0.1, 0.15) is 24.0 Å². The number of hydrogen-bond donors (Lipinski definition) is 20. The number of nitrogens with two attached hydrogens (primary N) is 1. The fraction of sp³-hybridized carbons (Fsp3) is 0.194. The van der Waals surface area contributed by atoms with Gasteiger partial charge in [-0.2, -0.15) is 0 Å². The van der Waals surface area contributed by atoms with E-state index in [2.05, 4.69) is 9.47 Å². The maximum Gasteiger partial charge on any atom is 0.453 e. The van der Waals surface area contributed by atoms with Crippen molar-refractivity contribution in [2.24, 2.45) is 5.73 Å². The van der Waals surface area contributed by atoms with Crippen LogP contribution < -0.4 is 30.9 Å². The van der Waals surface area contributed by atoms with Gasteiger partial charge >= 0.3 is 18.2 Å². The lowest BCUT2D eigenvalue weighted by Crippen LogP contribution is -2.63. The number of hydrogen-bond acceptors (Lipinski definition) is 24. The fourth-order valence-electron chi connectivity index (χ4n) is 6.04. The number of aromatic hydroxyl groups is 8. The minimum atomic E-state index is -4.30. The third-order valence-electron chi connectivity index (χ3n) is 9.09. The largest absolute Gasteiger partial charge is 0.505 e. The molecule has 0 aromatic heterocycles. The van der Waals surface area contributed by atoms with E-state index in [1.807, 2.05) is 11.8 Å². The first-order valence-corrected chi connectivity index (χ1v) is 18.5. The summed E-state index contributed by atoms with van der Waals surface area (Å²) < 4.78 is 22.8. The van der Waals surface area contributed by atoms with Crippen molar-refractivity contribution in [3.63, 3.8) is 0 Å². The molecule has 0 saturated carbocycles. The molecule has 1 aliphatic rings. The van der Waals surface area contributed by atoms with E-state index in [4.69, 9.17) is 28.9 Å². The van der Waals surface area contributed by atoms with Crippen molar-refractivity contribution in [1.29, 1.82) is 0 Å². The van der Waals surface area contributed by atoms with Gasteiger partial charge in [0.15, 0.2) is 46.0 Å². The van der Waals surface area contributed by atoms with Gasteiger partial charge in [-0.1, -0.05) is 17.9 Å². The van der Waals surface area contributed by atoms with E-state index in [-0.39, 0.29) is 11.6 Å². The highest BCUT2D eigenvalue weighted by Gasteiger charge is 2.54. The maximum atomic E-state index is 14.3. The third kappa shape index (κ3) is 9.34. The summed E-state index contributed by atoms with van der Waals surface area (Å²) in [7, 11) is 2.61. The summed E-state index contributed by atoms with van der Waals surface area (Å²) in [6, 6.07) is 5.41. The first-order chi connectivity index (χ1) is 29.8. The van der Waals surface area contributed by atoms with Gasteiger partial charge in [-0.05, 0) is 41.9 Å². The molecule has 65 heavy (non-hydrogen) atoms. The Kier molecular flexibility index (Phi) is 12.7. The molecule has 2 radical (unpaired) electrons. The first kappa shape index (κ1) is 48.7. The molecular formula is C36H32BN3O24S. The van der Waals surface area contributed by atoms with Gasteiger partial charge < -0.3 is 112 Å². The van der Waals surface area contributed by atoms with Crippen molar-refractivity contribution < 1.29 is 120 Å². The zero-order chi connectivity index (χ0) is 49.0. The van der Waals surface area contributed by atoms with Crippen LogP contribution in [0.1, 0.15) is 44.4 Å². The minimum absolute atomic E-state index is 0.201. The highest BCUT2D eigenvalue weighted by atomic mass is 32.2. The van der Waals surface area contributed by atoms with Crippen LogP contribution in [0.15, 0.2) is 42.5 Å². The second kappa shape index (κ2) is 17.0. The molecular weight excluding hydrogens is 901 g/mol. The predicted molar refractivity (Wildman–Crippen MR) is 207 cm³/mol. The van der Waals surface area contributed by atoms with Crippen molar-refractivity contribution in [2.75, 3.05) is 4.90 Å². The number of ether oxygens (including phenoxy) is 2. The summed E-state index contributed by atoms with van der Waals surface area (Å²) in [6.45, 7) is 0. The molecule has 344 valence electrons. The molecule has 1 aliphatic heterocycles. The molecule has 0 bridgehead atoms. The van der Waals surface area contributed by atoms with Crippen molar-refractivity contribution in [3.8, 4) is 69.3 Å². The topological polar surface area (TPSA) is 492 Å². The molecule has 1 heterocycles. The van der Waals surface area contributed by atoms with E-state index in [1.165, 1.54) is 5.32 Å². The van der Waals surface area contributed by atoms with E-state index in [0.29, 0.717) is 17.0 Å². The molecule has 1 saturated heterocycles. The highest BCUT2D eigenvalue weighted by molar-refractivity contribution is 7.87. The van der Waals surface area contributed by atoms with Crippen LogP contribution in [0.25, 0.3) is 0 Å². The summed E-state index contributed by atoms with van der Waals surface area (Å²) in [5.74, 6) is -21.8. The Bertz CT molecular complexity index is 2660. The number of amides is 3. The molecule has 21 N–H and O–H groups in total. The minimum Gasteiger partial charge on any atom is -0.505 e. The summed E-state index contributed by atoms with van der Waals surface area (Å²) in [5.41, 5.74) is -0.411. The number of anilines is 1. The van der Waals surface area contributed by atoms with Gasteiger partial charge in [-0.15, -0.1) is 0 Å². The number of primary amides is 1. The Labute approximate surface area is 363 Å². The number of phenolic OH excluding ortho intramolecular Hbond substituents is 8.